The molecule has 0 radical (unpaired) electrons. The van der Waals surface area contributed by atoms with Crippen LogP contribution in [0, 0.1) is 5.92 Å². The van der Waals surface area contributed by atoms with Crippen molar-refractivity contribution in [3.8, 4) is 0 Å². The molecular formula is C12H19ClN2O2S. The van der Waals surface area contributed by atoms with Crippen molar-refractivity contribution in [3.63, 3.8) is 0 Å². The smallest absolute Gasteiger partial charge is 0.240 e. The van der Waals surface area contributed by atoms with Crippen molar-refractivity contribution < 1.29 is 8.42 Å². The van der Waals surface area contributed by atoms with Crippen molar-refractivity contribution in [2.45, 2.75) is 38.1 Å². The van der Waals surface area contributed by atoms with E-state index in [4.69, 9.17) is 17.3 Å². The van der Waals surface area contributed by atoms with Gasteiger partial charge in [0.05, 0.1) is 15.6 Å². The maximum Gasteiger partial charge on any atom is 0.240 e. The maximum atomic E-state index is 12.2. The highest BCUT2D eigenvalue weighted by molar-refractivity contribution is 7.89. The normalized spacial score (nSPS) is 13.8. The maximum absolute atomic E-state index is 12.2. The van der Waals surface area contributed by atoms with Crippen LogP contribution >= 0.6 is 11.6 Å². The summed E-state index contributed by atoms with van der Waals surface area (Å²) >= 11 is 5.77. The van der Waals surface area contributed by atoms with Gasteiger partial charge in [-0.25, -0.2) is 13.1 Å². The predicted molar refractivity (Wildman–Crippen MR) is 75.1 cm³/mol. The molecule has 1 unspecified atom stereocenters. The third-order valence-corrected chi connectivity index (χ3v) is 4.66. The van der Waals surface area contributed by atoms with Crippen LogP contribution in [0.4, 0.5) is 5.69 Å². The molecule has 1 rings (SSSR count). The molecule has 0 heterocycles. The van der Waals surface area contributed by atoms with Crippen molar-refractivity contribution in [1.82, 2.24) is 4.72 Å². The van der Waals surface area contributed by atoms with Gasteiger partial charge >= 0.3 is 0 Å². The lowest BCUT2D eigenvalue weighted by molar-refractivity contribution is 0.437. The fraction of sp³-hybridized carbons (Fsp3) is 0.500. The van der Waals surface area contributed by atoms with Gasteiger partial charge < -0.3 is 5.73 Å². The molecular weight excluding hydrogens is 272 g/mol. The second-order valence-electron chi connectivity index (χ2n) is 4.56. The summed E-state index contributed by atoms with van der Waals surface area (Å²) in [7, 11) is -3.54. The van der Waals surface area contributed by atoms with Crippen LogP contribution in [-0.4, -0.2) is 14.5 Å². The van der Waals surface area contributed by atoms with Crippen LogP contribution in [0.3, 0.4) is 0 Å². The number of hydrogen-bond donors (Lipinski definition) is 2. The van der Waals surface area contributed by atoms with Gasteiger partial charge in [0, 0.05) is 6.04 Å². The molecule has 1 atom stereocenters. The molecule has 0 amide bonds. The molecule has 18 heavy (non-hydrogen) atoms. The van der Waals surface area contributed by atoms with Crippen LogP contribution in [-0.2, 0) is 10.0 Å². The lowest BCUT2D eigenvalue weighted by atomic mass is 10.0. The molecule has 6 heteroatoms. The average molecular weight is 291 g/mol. The van der Waals surface area contributed by atoms with E-state index in [1.54, 1.807) is 0 Å². The molecule has 0 aliphatic carbocycles. The molecule has 0 saturated carbocycles. The number of nitrogens with two attached hydrogens (primary N) is 1. The van der Waals surface area contributed by atoms with E-state index in [0.29, 0.717) is 5.02 Å². The van der Waals surface area contributed by atoms with Crippen molar-refractivity contribution in [2.75, 3.05) is 5.73 Å². The molecule has 1 aromatic rings. The van der Waals surface area contributed by atoms with Gasteiger partial charge in [-0.05, 0) is 30.5 Å². The Labute approximate surface area is 114 Å². The molecule has 0 aliphatic heterocycles. The monoisotopic (exact) mass is 290 g/mol. The fourth-order valence-corrected chi connectivity index (χ4v) is 3.27. The highest BCUT2D eigenvalue weighted by atomic mass is 35.5. The highest BCUT2D eigenvalue weighted by Gasteiger charge is 2.21. The van der Waals surface area contributed by atoms with E-state index in [1.165, 1.54) is 18.2 Å². The predicted octanol–water partition coefficient (Wildman–Crippen LogP) is 2.64. The second kappa shape index (κ2) is 5.91. The molecule has 0 fully saturated rings. The Balaban J connectivity index is 3.02. The number of sulfonamides is 1. The summed E-state index contributed by atoms with van der Waals surface area (Å²) in [5.74, 6) is 0.231. The lowest BCUT2D eigenvalue weighted by Crippen LogP contribution is -2.37. The van der Waals surface area contributed by atoms with Gasteiger partial charge in [-0.3, -0.25) is 0 Å². The Morgan fingerprint density at radius 1 is 1.39 bits per heavy atom. The topological polar surface area (TPSA) is 72.2 Å². The third kappa shape index (κ3) is 3.60. The van der Waals surface area contributed by atoms with Crippen molar-refractivity contribution in [3.05, 3.63) is 23.2 Å². The minimum absolute atomic E-state index is 0.0908. The van der Waals surface area contributed by atoms with E-state index in [2.05, 4.69) is 4.72 Å². The molecule has 102 valence electrons. The molecule has 0 aliphatic rings. The fourth-order valence-electron chi connectivity index (χ4n) is 1.65. The molecule has 0 saturated heterocycles. The lowest BCUT2D eigenvalue weighted by Gasteiger charge is -2.20. The number of nitrogens with one attached hydrogen (secondary N) is 1. The summed E-state index contributed by atoms with van der Waals surface area (Å²) in [4.78, 5) is 0.142. The Morgan fingerprint density at radius 2 is 2.00 bits per heavy atom. The first kappa shape index (κ1) is 15.3. The van der Waals surface area contributed by atoms with Gasteiger partial charge in [-0.1, -0.05) is 32.4 Å². The van der Waals surface area contributed by atoms with E-state index in [1.807, 2.05) is 20.8 Å². The highest BCUT2D eigenvalue weighted by Crippen LogP contribution is 2.22. The molecule has 0 bridgehead atoms. The van der Waals surface area contributed by atoms with E-state index >= 15 is 0 Å². The third-order valence-electron chi connectivity index (χ3n) is 2.83. The van der Waals surface area contributed by atoms with Gasteiger partial charge in [0.2, 0.25) is 10.0 Å². The van der Waals surface area contributed by atoms with Gasteiger partial charge in [0.1, 0.15) is 0 Å². The minimum Gasteiger partial charge on any atom is -0.397 e. The van der Waals surface area contributed by atoms with E-state index in [0.717, 1.165) is 6.42 Å². The average Bonchev–Trinajstić information content (AvgIpc) is 2.29. The molecule has 1 aromatic carbocycles. The first-order valence-corrected chi connectivity index (χ1v) is 7.71. The summed E-state index contributed by atoms with van der Waals surface area (Å²) in [6, 6.07) is 4.22. The Hall–Kier alpha value is -0.780. The summed E-state index contributed by atoms with van der Waals surface area (Å²) in [5.41, 5.74) is 5.88. The number of benzene rings is 1. The van der Waals surface area contributed by atoms with Crippen molar-refractivity contribution in [2.24, 2.45) is 5.92 Å². The number of anilines is 1. The van der Waals surface area contributed by atoms with Crippen molar-refractivity contribution >= 4 is 27.3 Å². The zero-order chi connectivity index (χ0) is 13.9. The molecule has 4 nitrogen and oxygen atoms in total. The van der Waals surface area contributed by atoms with Crippen LogP contribution < -0.4 is 10.5 Å². The van der Waals surface area contributed by atoms with Gasteiger partial charge in [0.15, 0.2) is 0 Å². The van der Waals surface area contributed by atoms with Crippen LogP contribution in [0.1, 0.15) is 27.2 Å². The first-order chi connectivity index (χ1) is 8.27. The van der Waals surface area contributed by atoms with Crippen molar-refractivity contribution in [1.29, 1.82) is 0 Å². The van der Waals surface area contributed by atoms with Gasteiger partial charge in [-0.2, -0.15) is 0 Å². The number of nitrogen functional groups attached to an aromatic ring is 1. The van der Waals surface area contributed by atoms with E-state index < -0.39 is 10.0 Å². The van der Waals surface area contributed by atoms with Crippen LogP contribution in [0.15, 0.2) is 23.1 Å². The standard InChI is InChI=1S/C12H19ClN2O2S/c1-4-12(8(2)3)15-18(16,17)9-5-6-10(13)11(14)7-9/h5-8,12,15H,4,14H2,1-3H3. The first-order valence-electron chi connectivity index (χ1n) is 5.85. The van der Waals surface area contributed by atoms with Gasteiger partial charge in [-0.15, -0.1) is 0 Å². The largest absolute Gasteiger partial charge is 0.397 e. The SMILES string of the molecule is CCC(NS(=O)(=O)c1ccc(Cl)c(N)c1)C(C)C. The Morgan fingerprint density at radius 3 is 2.44 bits per heavy atom. The zero-order valence-corrected chi connectivity index (χ0v) is 12.3. The summed E-state index contributed by atoms with van der Waals surface area (Å²) in [6.07, 6.45) is 0.736. The number of halogens is 1. The molecule has 3 N–H and O–H groups in total. The minimum atomic E-state index is -3.54. The van der Waals surface area contributed by atoms with Gasteiger partial charge in [0.25, 0.3) is 0 Å². The van der Waals surface area contributed by atoms with E-state index in [-0.39, 0.29) is 22.5 Å². The quantitative estimate of drug-likeness (QED) is 0.819. The second-order valence-corrected chi connectivity index (χ2v) is 6.68. The summed E-state index contributed by atoms with van der Waals surface area (Å²) in [5, 5.41) is 0.352. The number of hydrogen-bond acceptors (Lipinski definition) is 3. The van der Waals surface area contributed by atoms with Crippen LogP contribution in [0.25, 0.3) is 0 Å². The molecule has 0 spiro atoms. The van der Waals surface area contributed by atoms with Crippen LogP contribution in [0.5, 0.6) is 0 Å². The van der Waals surface area contributed by atoms with Crippen LogP contribution in [0.2, 0.25) is 5.02 Å². The Kier molecular flexibility index (Phi) is 5.01. The molecule has 0 aromatic heterocycles. The van der Waals surface area contributed by atoms with E-state index in [9.17, 15) is 8.42 Å². The summed E-state index contributed by atoms with van der Waals surface area (Å²) in [6.45, 7) is 5.91. The zero-order valence-electron chi connectivity index (χ0n) is 10.8. The summed E-state index contributed by atoms with van der Waals surface area (Å²) < 4.78 is 27.0. The number of rotatable bonds is 5. The Bertz CT molecular complexity index is 515.